The fourth-order valence-electron chi connectivity index (χ4n) is 13.8. The van der Waals surface area contributed by atoms with E-state index in [1.807, 2.05) is 118 Å². The van der Waals surface area contributed by atoms with E-state index in [1.54, 1.807) is 47.7 Å². The molecule has 0 bridgehead atoms. The van der Waals surface area contributed by atoms with E-state index in [4.69, 9.17) is 30.9 Å². The van der Waals surface area contributed by atoms with E-state index in [-0.39, 0.29) is 0 Å². The van der Waals surface area contributed by atoms with Gasteiger partial charge in [-0.05, 0) is 136 Å². The van der Waals surface area contributed by atoms with Crippen LogP contribution in [-0.4, -0.2) is 34.9 Å². The Labute approximate surface area is 613 Å². The Bertz CT molecular complexity index is 6240. The Morgan fingerprint density at radius 1 is 0.333 bits per heavy atom. The topological polar surface area (TPSA) is 202 Å². The third-order valence-corrected chi connectivity index (χ3v) is 22.1. The lowest BCUT2D eigenvalue weighted by molar-refractivity contribution is -0.663. The number of oxazole rings is 4. The Morgan fingerprint density at radius 3 is 1.37 bits per heavy atom. The van der Waals surface area contributed by atoms with Crippen LogP contribution in [0.3, 0.4) is 0 Å². The van der Waals surface area contributed by atoms with Gasteiger partial charge < -0.3 is 30.9 Å². The van der Waals surface area contributed by atoms with Crippen molar-refractivity contribution in [3.8, 4) is 56.3 Å². The van der Waals surface area contributed by atoms with Crippen LogP contribution in [0.4, 0.5) is 0 Å². The second kappa shape index (κ2) is 27.0. The summed E-state index contributed by atoms with van der Waals surface area (Å²) < 4.78 is 54.3. The molecule has 20 aromatic rings. The van der Waals surface area contributed by atoms with E-state index in [2.05, 4.69) is 202 Å². The van der Waals surface area contributed by atoms with Crippen LogP contribution in [0.2, 0.25) is 0 Å². The lowest BCUT2D eigenvalue weighted by Crippen LogP contribution is -2.31. The summed E-state index contributed by atoms with van der Waals surface area (Å²) in [5, 5.41) is 6.55. The predicted molar refractivity (Wildman–Crippen MR) is 412 cm³/mol. The van der Waals surface area contributed by atoms with Crippen molar-refractivity contribution in [2.75, 3.05) is 0 Å². The molecule has 0 aliphatic heterocycles. The molecule has 0 fully saturated rings. The molecule has 15 heterocycles. The molecule has 0 radical (unpaired) electrons. The predicted octanol–water partition coefficient (Wildman–Crippen LogP) is 18.6. The van der Waals surface area contributed by atoms with E-state index in [1.165, 1.54) is 68.9 Å². The summed E-state index contributed by atoms with van der Waals surface area (Å²) in [4.78, 5) is 31.4. The largest absolute Gasteiger partial charge is 0.437 e. The Morgan fingerprint density at radius 2 is 0.810 bits per heavy atom. The van der Waals surface area contributed by atoms with Crippen molar-refractivity contribution in [3.05, 3.63) is 227 Å². The summed E-state index contributed by atoms with van der Waals surface area (Å²) in [7, 11) is 10.1. The second-order valence-corrected chi connectivity index (χ2v) is 29.9. The van der Waals surface area contributed by atoms with Gasteiger partial charge in [-0.2, -0.15) is 4.98 Å². The number of hydrogen-bond donors (Lipinski definition) is 0. The molecule has 0 aliphatic carbocycles. The summed E-state index contributed by atoms with van der Waals surface area (Å²) >= 11 is 5.31. The summed E-state index contributed by atoms with van der Waals surface area (Å²) in [6.07, 6.45) is 13.3. The lowest BCUT2D eigenvalue weighted by atomic mass is 10.0. The SMILES string of the molecule is Cc1nc2c(o1)oc1c(-c3ccnc[n+]3C)c(C)ccc12.Cc1nc2c(o1)oc1cc(-c3cccc[n+]3C)c(C)cc12.Cc1nc2c(o1)sc1cc(-c3cccc[n+]3C)c(C)cc12.Cc1nc2c(s1)sc1cc(-c3cccc[n+]3C)c(C)cc12.Cc1nc2oc3c(-c4ccnc[n+]4C)c(C)ccc3c2o1. The zero-order valence-electron chi connectivity index (χ0n) is 60.6. The van der Waals surface area contributed by atoms with Crippen LogP contribution >= 0.6 is 34.0 Å². The molecular formula is C83H73N12O7S3+5. The van der Waals surface area contributed by atoms with Crippen LogP contribution in [0.5, 0.6) is 0 Å². The van der Waals surface area contributed by atoms with Gasteiger partial charge in [-0.15, -0.1) is 22.7 Å². The Kier molecular flexibility index (Phi) is 17.4. The number of pyridine rings is 3. The maximum atomic E-state index is 5.96. The summed E-state index contributed by atoms with van der Waals surface area (Å²) in [5.74, 6) is 3.56. The molecule has 0 amide bonds. The maximum Gasteiger partial charge on any atom is 0.319 e. The molecule has 0 spiro atoms. The fourth-order valence-corrected chi connectivity index (χ4v) is 17.2. The zero-order chi connectivity index (χ0) is 72.8. The van der Waals surface area contributed by atoms with E-state index >= 15 is 0 Å². The number of aryl methyl sites for hydroxylation is 15. The average Bonchev–Trinajstić information content (AvgIpc) is 1.49. The number of hydrogen-bond acceptors (Lipinski definition) is 17. The highest BCUT2D eigenvalue weighted by molar-refractivity contribution is 7.41. The van der Waals surface area contributed by atoms with Crippen LogP contribution in [0.25, 0.3) is 163 Å². The molecule has 20 rings (SSSR count). The molecule has 0 N–H and O–H groups in total. The highest BCUT2D eigenvalue weighted by atomic mass is 32.2. The van der Waals surface area contributed by atoms with Crippen LogP contribution in [0.15, 0.2) is 202 Å². The van der Waals surface area contributed by atoms with Crippen LogP contribution in [-0.2, 0) is 35.2 Å². The highest BCUT2D eigenvalue weighted by Gasteiger charge is 2.26. The smallest absolute Gasteiger partial charge is 0.319 e. The minimum Gasteiger partial charge on any atom is -0.437 e. The first-order valence-electron chi connectivity index (χ1n) is 34.1. The van der Waals surface area contributed by atoms with Crippen molar-refractivity contribution >= 4 is 141 Å². The molecule has 5 aromatic carbocycles. The van der Waals surface area contributed by atoms with Crippen molar-refractivity contribution in [1.82, 2.24) is 34.9 Å². The molecule has 0 saturated carbocycles. The standard InChI is InChI=1S/C17H15N2O2.C17H15N2OS.C17H15N2S2.2C16H14N3O2/c3*1-10-8-13-15(21-17-16(13)18-11(2)20-17)9-12(10)14-6-4-5-7-19(14)3;1-9-4-5-11-14-16(20-10(2)18-14)21-15(11)13(9)12-6-7-17-8-19(12)3;1-9-4-5-11-14(21-16-15(11)20-10(2)18-16)13(9)12-6-7-17-8-19(12)3/h3*4-9H,1-3H3;2*4-8H,1-3H3/q5*+1. The number of furan rings is 3. The van der Waals surface area contributed by atoms with Gasteiger partial charge in [-0.25, -0.2) is 42.8 Å². The summed E-state index contributed by atoms with van der Waals surface area (Å²) in [6.45, 7) is 20.0. The van der Waals surface area contributed by atoms with Gasteiger partial charge in [0.25, 0.3) is 18.4 Å². The van der Waals surface area contributed by atoms with Gasteiger partial charge in [0, 0.05) is 96.4 Å². The summed E-state index contributed by atoms with van der Waals surface area (Å²) in [6, 6.07) is 44.2. The maximum absolute atomic E-state index is 5.96. The number of thiazole rings is 1. The number of aromatic nitrogens is 12. The molecular weight excluding hydrogens is 1370 g/mol. The molecule has 22 heteroatoms. The van der Waals surface area contributed by atoms with Crippen molar-refractivity contribution in [1.29, 1.82) is 0 Å². The zero-order valence-corrected chi connectivity index (χ0v) is 63.1. The minimum absolute atomic E-state index is 0.478. The first kappa shape index (κ1) is 67.5. The third-order valence-electron chi connectivity index (χ3n) is 18.9. The van der Waals surface area contributed by atoms with Crippen molar-refractivity contribution in [2.45, 2.75) is 69.2 Å². The van der Waals surface area contributed by atoms with Gasteiger partial charge in [0.15, 0.2) is 64.4 Å². The van der Waals surface area contributed by atoms with Gasteiger partial charge >= 0.3 is 11.6 Å². The molecule has 105 heavy (non-hydrogen) atoms. The lowest BCUT2D eigenvalue weighted by Gasteiger charge is -2.06. The van der Waals surface area contributed by atoms with Gasteiger partial charge in [-0.1, -0.05) is 33.4 Å². The van der Waals surface area contributed by atoms with Gasteiger partial charge in [0.05, 0.1) is 63.1 Å². The van der Waals surface area contributed by atoms with Crippen molar-refractivity contribution in [2.24, 2.45) is 35.2 Å². The fraction of sp³-hybridized carbons (Fsp3) is 0.181. The van der Waals surface area contributed by atoms with Crippen molar-refractivity contribution in [3.63, 3.8) is 0 Å². The Hall–Kier alpha value is -12.0. The average molecular weight is 1450 g/mol. The van der Waals surface area contributed by atoms with E-state index in [9.17, 15) is 0 Å². The van der Waals surface area contributed by atoms with Crippen LogP contribution in [0.1, 0.15) is 56.4 Å². The highest BCUT2D eigenvalue weighted by Crippen LogP contribution is 2.43. The molecule has 0 aliphatic rings. The quantitative estimate of drug-likeness (QED) is 0.147. The van der Waals surface area contributed by atoms with Crippen LogP contribution < -0.4 is 22.8 Å². The monoisotopic (exact) mass is 1450 g/mol. The minimum atomic E-state index is 0.478. The number of fused-ring (bicyclic) bond motifs is 15. The Balaban J connectivity index is 0.000000101. The van der Waals surface area contributed by atoms with Gasteiger partial charge in [0.1, 0.15) is 65.6 Å². The van der Waals surface area contributed by atoms with Crippen molar-refractivity contribution < 1.29 is 53.8 Å². The number of nitrogens with zero attached hydrogens (tertiary/aromatic N) is 12. The molecule has 520 valence electrons. The molecule has 15 aromatic heterocycles. The molecule has 0 unspecified atom stereocenters. The molecule has 0 saturated heterocycles. The summed E-state index contributed by atoms with van der Waals surface area (Å²) in [5.41, 5.74) is 24.9. The number of rotatable bonds is 5. The first-order valence-corrected chi connectivity index (χ1v) is 36.6. The third kappa shape index (κ3) is 12.4. The van der Waals surface area contributed by atoms with E-state index in [0.29, 0.717) is 40.5 Å². The van der Waals surface area contributed by atoms with Gasteiger partial charge in [0.2, 0.25) is 27.6 Å². The number of thiophene rings is 2. The van der Waals surface area contributed by atoms with Crippen LogP contribution in [0, 0.1) is 69.2 Å². The molecule has 19 nitrogen and oxygen atoms in total. The second-order valence-electron chi connectivity index (χ2n) is 26.4. The first-order chi connectivity index (χ1) is 50.7. The molecule has 0 atom stereocenters. The van der Waals surface area contributed by atoms with E-state index in [0.717, 1.165) is 110 Å². The van der Waals surface area contributed by atoms with Gasteiger partial charge in [-0.3, -0.25) is 0 Å². The number of benzene rings is 5. The van der Waals surface area contributed by atoms with E-state index < -0.39 is 0 Å². The normalized spacial score (nSPS) is 11.6.